The molecule has 1 rings (SSSR count). The van der Waals surface area contributed by atoms with Gasteiger partial charge in [-0.3, -0.25) is 4.90 Å². The van der Waals surface area contributed by atoms with E-state index < -0.39 is 0 Å². The molecule has 2 nitrogen and oxygen atoms in total. The molecule has 4 heteroatoms. The van der Waals surface area contributed by atoms with E-state index in [0.29, 0.717) is 10.8 Å². The van der Waals surface area contributed by atoms with Gasteiger partial charge in [0.2, 0.25) is 0 Å². The zero-order valence-corrected chi connectivity index (χ0v) is 10.8. The number of halogens is 2. The average molecular weight is 279 g/mol. The van der Waals surface area contributed by atoms with Crippen LogP contribution in [0.5, 0.6) is 5.75 Å². The first-order valence-electron chi connectivity index (χ1n) is 4.20. The average Bonchev–Trinajstić information content (AvgIpc) is 2.16. The van der Waals surface area contributed by atoms with Crippen molar-refractivity contribution in [3.63, 3.8) is 0 Å². The fourth-order valence-corrected chi connectivity index (χ4v) is 1.68. The molecule has 0 spiro atoms. The highest BCUT2D eigenvalue weighted by Gasteiger charge is 2.11. The van der Waals surface area contributed by atoms with Crippen LogP contribution in [0, 0.1) is 0 Å². The lowest BCUT2D eigenvalue weighted by Gasteiger charge is -2.18. The Hall–Kier alpha value is -0.250. The number of benzene rings is 1. The van der Waals surface area contributed by atoms with E-state index in [9.17, 15) is 0 Å². The lowest BCUT2D eigenvalue weighted by Crippen LogP contribution is -2.14. The summed E-state index contributed by atoms with van der Waals surface area (Å²) in [6.45, 7) is 0. The second-order valence-electron chi connectivity index (χ2n) is 3.19. The summed E-state index contributed by atoms with van der Waals surface area (Å²) in [5.74, 6) is 0.703. The maximum atomic E-state index is 6.01. The van der Waals surface area contributed by atoms with Gasteiger partial charge in [0.1, 0.15) is 5.75 Å². The van der Waals surface area contributed by atoms with Crippen molar-refractivity contribution >= 4 is 27.5 Å². The van der Waals surface area contributed by atoms with Gasteiger partial charge in [-0.15, -0.1) is 0 Å². The second-order valence-corrected chi connectivity index (χ2v) is 4.47. The molecular weight excluding hydrogens is 265 g/mol. The number of ether oxygens (including phenoxy) is 1. The van der Waals surface area contributed by atoms with Crippen LogP contribution < -0.4 is 4.74 Å². The lowest BCUT2D eigenvalue weighted by atomic mass is 10.2. The molecular formula is C10H13BrClNO. The Kier molecular flexibility index (Phi) is 4.23. The fraction of sp³-hybridized carbons (Fsp3) is 0.400. The summed E-state index contributed by atoms with van der Waals surface area (Å²) < 4.78 is 5.08. The minimum atomic E-state index is 0.172. The zero-order chi connectivity index (χ0) is 10.7. The van der Waals surface area contributed by atoms with Gasteiger partial charge in [-0.2, -0.15) is 0 Å². The first-order chi connectivity index (χ1) is 6.56. The van der Waals surface area contributed by atoms with E-state index in [4.69, 9.17) is 16.3 Å². The van der Waals surface area contributed by atoms with E-state index in [-0.39, 0.29) is 4.95 Å². The standard InChI is InChI=1S/C10H13BrClNO/c1-13(2)10(11)7-4-5-9(14-3)8(12)6-7/h4-6,10H,1-3H3. The maximum absolute atomic E-state index is 6.01. The number of hydrogen-bond acceptors (Lipinski definition) is 2. The third-order valence-electron chi connectivity index (χ3n) is 1.90. The minimum absolute atomic E-state index is 0.172. The van der Waals surface area contributed by atoms with Crippen LogP contribution >= 0.6 is 27.5 Å². The molecule has 1 atom stereocenters. The smallest absolute Gasteiger partial charge is 0.137 e. The summed E-state index contributed by atoms with van der Waals surface area (Å²) in [4.78, 5) is 2.23. The lowest BCUT2D eigenvalue weighted by molar-refractivity contribution is 0.395. The minimum Gasteiger partial charge on any atom is -0.495 e. The van der Waals surface area contributed by atoms with E-state index in [2.05, 4.69) is 20.8 Å². The summed E-state index contributed by atoms with van der Waals surface area (Å²) in [5, 5.41) is 0.635. The van der Waals surface area contributed by atoms with Crippen molar-refractivity contribution in [2.45, 2.75) is 4.95 Å². The SMILES string of the molecule is COc1ccc(C(Br)N(C)C)cc1Cl. The van der Waals surface area contributed by atoms with Crippen LogP contribution in [0.4, 0.5) is 0 Å². The van der Waals surface area contributed by atoms with Crippen LogP contribution in [0.15, 0.2) is 18.2 Å². The van der Waals surface area contributed by atoms with Crippen LogP contribution in [-0.4, -0.2) is 26.1 Å². The molecule has 0 saturated heterocycles. The Morgan fingerprint density at radius 1 is 1.43 bits per heavy atom. The van der Waals surface area contributed by atoms with E-state index in [1.807, 2.05) is 32.3 Å². The fourth-order valence-electron chi connectivity index (χ4n) is 1.13. The third-order valence-corrected chi connectivity index (χ3v) is 3.55. The van der Waals surface area contributed by atoms with Gasteiger partial charge >= 0.3 is 0 Å². The highest BCUT2D eigenvalue weighted by molar-refractivity contribution is 9.09. The predicted molar refractivity (Wildman–Crippen MR) is 63.4 cm³/mol. The third kappa shape index (κ3) is 2.62. The number of alkyl halides is 1. The van der Waals surface area contributed by atoms with Crippen LogP contribution in [0.3, 0.4) is 0 Å². The van der Waals surface area contributed by atoms with Gasteiger partial charge in [-0.25, -0.2) is 0 Å². The molecule has 0 aliphatic rings. The normalized spacial score (nSPS) is 13.0. The Morgan fingerprint density at radius 2 is 2.07 bits per heavy atom. The zero-order valence-electron chi connectivity index (χ0n) is 8.42. The Balaban J connectivity index is 2.96. The molecule has 0 radical (unpaired) electrons. The molecule has 1 aromatic rings. The number of nitrogens with zero attached hydrogens (tertiary/aromatic N) is 1. The van der Waals surface area contributed by atoms with Crippen molar-refractivity contribution in [1.29, 1.82) is 0 Å². The van der Waals surface area contributed by atoms with Crippen molar-refractivity contribution < 1.29 is 4.74 Å². The molecule has 0 bridgehead atoms. The number of hydrogen-bond donors (Lipinski definition) is 0. The van der Waals surface area contributed by atoms with E-state index in [1.54, 1.807) is 7.11 Å². The Morgan fingerprint density at radius 3 is 2.50 bits per heavy atom. The number of rotatable bonds is 3. The molecule has 0 saturated carbocycles. The summed E-state index contributed by atoms with van der Waals surface area (Å²) in [6.07, 6.45) is 0. The van der Waals surface area contributed by atoms with Gasteiger partial charge in [0, 0.05) is 0 Å². The summed E-state index contributed by atoms with van der Waals surface area (Å²) in [6, 6.07) is 5.76. The van der Waals surface area contributed by atoms with Crippen LogP contribution in [0.25, 0.3) is 0 Å². The molecule has 14 heavy (non-hydrogen) atoms. The molecule has 1 aromatic carbocycles. The van der Waals surface area contributed by atoms with E-state index in [0.717, 1.165) is 5.56 Å². The van der Waals surface area contributed by atoms with E-state index >= 15 is 0 Å². The van der Waals surface area contributed by atoms with Crippen LogP contribution in [-0.2, 0) is 0 Å². The maximum Gasteiger partial charge on any atom is 0.137 e. The monoisotopic (exact) mass is 277 g/mol. The number of methoxy groups -OCH3 is 1. The summed E-state index contributed by atoms with van der Waals surface area (Å²) in [7, 11) is 5.60. The van der Waals surface area contributed by atoms with Gasteiger partial charge in [-0.05, 0) is 31.8 Å². The highest BCUT2D eigenvalue weighted by atomic mass is 79.9. The second kappa shape index (κ2) is 5.01. The summed E-state index contributed by atoms with van der Waals surface area (Å²) >= 11 is 9.57. The van der Waals surface area contributed by atoms with Gasteiger partial charge in [0.25, 0.3) is 0 Å². The van der Waals surface area contributed by atoms with Gasteiger partial charge in [0.15, 0.2) is 0 Å². The Labute approximate surface area is 97.9 Å². The van der Waals surface area contributed by atoms with Crippen molar-refractivity contribution in [3.05, 3.63) is 28.8 Å². The highest BCUT2D eigenvalue weighted by Crippen LogP contribution is 2.31. The van der Waals surface area contributed by atoms with Crippen molar-refractivity contribution in [2.24, 2.45) is 0 Å². The molecule has 0 aromatic heterocycles. The predicted octanol–water partition coefficient (Wildman–Crippen LogP) is 3.30. The molecule has 0 heterocycles. The molecule has 0 aliphatic heterocycles. The van der Waals surface area contributed by atoms with Gasteiger partial charge < -0.3 is 4.74 Å². The molecule has 78 valence electrons. The summed E-state index contributed by atoms with van der Waals surface area (Å²) in [5.41, 5.74) is 1.11. The van der Waals surface area contributed by atoms with Crippen LogP contribution in [0.2, 0.25) is 5.02 Å². The van der Waals surface area contributed by atoms with E-state index in [1.165, 1.54) is 0 Å². The van der Waals surface area contributed by atoms with Crippen LogP contribution in [0.1, 0.15) is 10.5 Å². The molecule has 0 aliphatic carbocycles. The largest absolute Gasteiger partial charge is 0.495 e. The Bertz CT molecular complexity index is 317. The van der Waals surface area contributed by atoms with Gasteiger partial charge in [-0.1, -0.05) is 33.6 Å². The molecule has 0 fully saturated rings. The molecule has 0 amide bonds. The quantitative estimate of drug-likeness (QED) is 0.621. The molecule has 0 N–H and O–H groups in total. The van der Waals surface area contributed by atoms with Crippen molar-refractivity contribution in [2.75, 3.05) is 21.2 Å². The van der Waals surface area contributed by atoms with Crippen molar-refractivity contribution in [1.82, 2.24) is 4.90 Å². The topological polar surface area (TPSA) is 12.5 Å². The van der Waals surface area contributed by atoms with Crippen molar-refractivity contribution in [3.8, 4) is 5.75 Å². The van der Waals surface area contributed by atoms with Gasteiger partial charge in [0.05, 0.1) is 17.1 Å². The first kappa shape index (κ1) is 11.8. The molecule has 1 unspecified atom stereocenters. The first-order valence-corrected chi connectivity index (χ1v) is 5.49.